The molecule has 1 aliphatic heterocycles. The van der Waals surface area contributed by atoms with Crippen LogP contribution in [0.1, 0.15) is 13.8 Å². The summed E-state index contributed by atoms with van der Waals surface area (Å²) in [6.45, 7) is 4.32. The zero-order valence-corrected chi connectivity index (χ0v) is 6.40. The highest BCUT2D eigenvalue weighted by Gasteiger charge is 2.02. The number of rotatable bonds is 1. The van der Waals surface area contributed by atoms with Crippen LogP contribution in [0.25, 0.3) is 0 Å². The van der Waals surface area contributed by atoms with Gasteiger partial charge in [-0.15, -0.1) is 0 Å². The van der Waals surface area contributed by atoms with E-state index in [2.05, 4.69) is 24.7 Å². The predicted octanol–water partition coefficient (Wildman–Crippen LogP) is 2.41. The van der Waals surface area contributed by atoms with Crippen LogP contribution in [-0.4, -0.2) is 5.87 Å². The maximum absolute atomic E-state index is 3.89. The number of allylic oxidation sites excluding steroid dienone is 1. The molecule has 0 bridgehead atoms. The maximum Gasteiger partial charge on any atom is 0.0469 e. The molecule has 0 aromatic carbocycles. The molecule has 1 heterocycles. The van der Waals surface area contributed by atoms with Crippen LogP contribution in [0.5, 0.6) is 0 Å². The Morgan fingerprint density at radius 3 is 2.78 bits per heavy atom. The van der Waals surface area contributed by atoms with E-state index in [0.29, 0.717) is 5.92 Å². The summed E-state index contributed by atoms with van der Waals surface area (Å²) in [4.78, 5) is 5.20. The monoisotopic (exact) mass is 139 g/mol. The molecule has 0 unspecified atom stereocenters. The third-order valence-corrected chi connectivity index (χ3v) is 2.16. The smallest absolute Gasteiger partial charge is 0.0469 e. The summed E-state index contributed by atoms with van der Waals surface area (Å²) in [5.41, 5.74) is 0. The number of thioether (sulfide) groups is 1. The lowest BCUT2D eigenvalue weighted by molar-refractivity contribution is 0.814. The Morgan fingerprint density at radius 1 is 1.67 bits per heavy atom. The van der Waals surface area contributed by atoms with E-state index in [-0.39, 0.29) is 0 Å². The summed E-state index contributed by atoms with van der Waals surface area (Å²) < 4.78 is 0. The highest BCUT2D eigenvalue weighted by atomic mass is 32.2. The Labute approximate surface area is 59.6 Å². The first kappa shape index (κ1) is 6.66. The highest BCUT2D eigenvalue weighted by Crippen LogP contribution is 2.25. The normalized spacial score (nSPS) is 16.6. The zero-order valence-electron chi connectivity index (χ0n) is 5.59. The summed E-state index contributed by atoms with van der Waals surface area (Å²) >= 11 is 1.70. The highest BCUT2D eigenvalue weighted by molar-refractivity contribution is 8.06. The third kappa shape index (κ3) is 1.74. The van der Waals surface area contributed by atoms with Crippen LogP contribution in [0, 0.1) is 5.92 Å². The minimum absolute atomic E-state index is 0.595. The third-order valence-electron chi connectivity index (χ3n) is 1.08. The molecule has 1 aliphatic rings. The van der Waals surface area contributed by atoms with Crippen molar-refractivity contribution in [3.8, 4) is 0 Å². The molecule has 0 radical (unpaired) electrons. The largest absolute Gasteiger partial charge is 0.213 e. The molecule has 0 atom stereocenters. The lowest BCUT2D eigenvalue weighted by Gasteiger charge is -2.06. The fourth-order valence-corrected chi connectivity index (χ4v) is 1.18. The van der Waals surface area contributed by atoms with Gasteiger partial charge < -0.3 is 0 Å². The summed E-state index contributed by atoms with van der Waals surface area (Å²) in [5.74, 6) is 3.35. The van der Waals surface area contributed by atoms with Gasteiger partial charge in [-0.1, -0.05) is 25.6 Å². The van der Waals surface area contributed by atoms with Crippen molar-refractivity contribution in [2.75, 3.05) is 0 Å². The number of nitrogens with zero attached hydrogens (tertiary/aromatic N) is 1. The molecule has 0 N–H and O–H groups in total. The van der Waals surface area contributed by atoms with Gasteiger partial charge in [0.05, 0.1) is 0 Å². The summed E-state index contributed by atoms with van der Waals surface area (Å²) in [7, 11) is 0. The molecule has 9 heavy (non-hydrogen) atoms. The predicted molar refractivity (Wildman–Crippen MR) is 42.5 cm³/mol. The molecule has 0 fully saturated rings. The molecule has 48 valence electrons. The molecule has 0 spiro atoms. The van der Waals surface area contributed by atoms with Crippen LogP contribution in [0.2, 0.25) is 0 Å². The van der Waals surface area contributed by atoms with Crippen molar-refractivity contribution in [2.24, 2.45) is 10.9 Å². The minimum atomic E-state index is 0.595. The number of hydrogen-bond acceptors (Lipinski definition) is 2. The molecule has 0 aromatic rings. The van der Waals surface area contributed by atoms with Crippen molar-refractivity contribution >= 4 is 17.6 Å². The second-order valence-corrected chi connectivity index (χ2v) is 3.12. The lowest BCUT2D eigenvalue weighted by Crippen LogP contribution is -1.88. The van der Waals surface area contributed by atoms with Crippen molar-refractivity contribution in [3.05, 3.63) is 16.5 Å². The Hall–Kier alpha value is -0.460. The topological polar surface area (TPSA) is 12.4 Å². The standard InChI is InChI=1S/C7H9NS/c1-6(2)7-5-8-3-4-9-7/h4-6H,1-2H3. The molecule has 0 saturated heterocycles. The van der Waals surface area contributed by atoms with Gasteiger partial charge in [0.15, 0.2) is 0 Å². The average Bonchev–Trinajstić information content (AvgIpc) is 1.90. The van der Waals surface area contributed by atoms with Gasteiger partial charge in [0.25, 0.3) is 0 Å². The number of aliphatic imine (C=N–C) groups is 1. The van der Waals surface area contributed by atoms with Crippen molar-refractivity contribution in [2.45, 2.75) is 13.8 Å². The molecule has 0 amide bonds. The van der Waals surface area contributed by atoms with Crippen molar-refractivity contribution in [3.63, 3.8) is 0 Å². The van der Waals surface area contributed by atoms with Crippen molar-refractivity contribution in [1.29, 1.82) is 0 Å². The fraction of sp³-hybridized carbons (Fsp3) is 0.429. The molecular weight excluding hydrogens is 130 g/mol. The number of hydrogen-bond donors (Lipinski definition) is 0. The summed E-state index contributed by atoms with van der Waals surface area (Å²) in [5, 5.41) is 1.88. The SMILES string of the molecule is CC(C)C1=CN=C=CS1. The molecule has 1 nitrogen and oxygen atoms in total. The quantitative estimate of drug-likeness (QED) is 0.543. The van der Waals surface area contributed by atoms with E-state index in [9.17, 15) is 0 Å². The van der Waals surface area contributed by atoms with E-state index >= 15 is 0 Å². The van der Waals surface area contributed by atoms with Crippen LogP contribution in [0.3, 0.4) is 0 Å². The van der Waals surface area contributed by atoms with Gasteiger partial charge in [-0.25, -0.2) is 4.99 Å². The fourth-order valence-electron chi connectivity index (χ4n) is 0.541. The van der Waals surface area contributed by atoms with Crippen LogP contribution < -0.4 is 0 Å². The minimum Gasteiger partial charge on any atom is -0.213 e. The molecule has 1 rings (SSSR count). The zero-order chi connectivity index (χ0) is 6.69. The van der Waals surface area contributed by atoms with E-state index < -0.39 is 0 Å². The van der Waals surface area contributed by atoms with Gasteiger partial charge in [0.1, 0.15) is 0 Å². The van der Waals surface area contributed by atoms with Gasteiger partial charge in [-0.2, -0.15) is 0 Å². The van der Waals surface area contributed by atoms with Crippen molar-refractivity contribution < 1.29 is 0 Å². The van der Waals surface area contributed by atoms with Gasteiger partial charge in [0.2, 0.25) is 0 Å². The van der Waals surface area contributed by atoms with E-state index in [1.165, 1.54) is 4.91 Å². The molecule has 0 aromatic heterocycles. The summed E-state index contributed by atoms with van der Waals surface area (Å²) in [6, 6.07) is 0. The van der Waals surface area contributed by atoms with Crippen LogP contribution in [0.15, 0.2) is 21.5 Å². The Morgan fingerprint density at radius 2 is 2.44 bits per heavy atom. The maximum atomic E-state index is 3.89. The van der Waals surface area contributed by atoms with Gasteiger partial charge >= 0.3 is 0 Å². The molecule has 2 heteroatoms. The summed E-state index contributed by atoms with van der Waals surface area (Å²) in [6.07, 6.45) is 1.87. The van der Waals surface area contributed by atoms with Crippen LogP contribution in [-0.2, 0) is 0 Å². The second-order valence-electron chi connectivity index (χ2n) is 2.18. The van der Waals surface area contributed by atoms with Crippen LogP contribution in [0.4, 0.5) is 0 Å². The Kier molecular flexibility index (Phi) is 2.15. The first-order chi connectivity index (χ1) is 4.30. The Bertz CT molecular complexity index is 185. The second kappa shape index (κ2) is 2.90. The first-order valence-electron chi connectivity index (χ1n) is 2.94. The van der Waals surface area contributed by atoms with Gasteiger partial charge in [-0.05, 0) is 11.8 Å². The van der Waals surface area contributed by atoms with E-state index in [1.807, 2.05) is 11.6 Å². The van der Waals surface area contributed by atoms with Gasteiger partial charge in [-0.3, -0.25) is 0 Å². The van der Waals surface area contributed by atoms with Gasteiger partial charge in [0, 0.05) is 16.5 Å². The molecule has 0 saturated carbocycles. The van der Waals surface area contributed by atoms with Crippen LogP contribution >= 0.6 is 11.8 Å². The molecule has 0 aliphatic carbocycles. The van der Waals surface area contributed by atoms with Crippen molar-refractivity contribution in [1.82, 2.24) is 0 Å². The Balaban J connectivity index is 2.66. The van der Waals surface area contributed by atoms with E-state index in [4.69, 9.17) is 0 Å². The van der Waals surface area contributed by atoms with E-state index in [1.54, 1.807) is 11.8 Å². The first-order valence-corrected chi connectivity index (χ1v) is 3.82. The molecular formula is C7H9NS. The average molecular weight is 139 g/mol. The lowest BCUT2D eigenvalue weighted by atomic mass is 10.2. The van der Waals surface area contributed by atoms with E-state index in [0.717, 1.165) is 0 Å².